The molecule has 0 saturated heterocycles. The first-order chi connectivity index (χ1) is 6.50. The molecular weight excluding hydrogens is 210 g/mol. The topological polar surface area (TPSA) is 77.8 Å². The van der Waals surface area contributed by atoms with Crippen LogP contribution in [0, 0.1) is 5.82 Å². The summed E-state index contributed by atoms with van der Waals surface area (Å²) in [6.45, 7) is 0. The van der Waals surface area contributed by atoms with Gasteiger partial charge in [-0.1, -0.05) is 12.1 Å². The zero-order valence-corrected chi connectivity index (χ0v) is 7.87. The van der Waals surface area contributed by atoms with Crippen LogP contribution < -0.4 is 5.46 Å². The minimum Gasteiger partial charge on any atom is -0.423 e. The summed E-state index contributed by atoms with van der Waals surface area (Å²) in [5.74, 6) is -0.985. The van der Waals surface area contributed by atoms with Crippen LogP contribution in [0.1, 0.15) is 5.56 Å². The second kappa shape index (κ2) is 4.65. The first-order valence-corrected chi connectivity index (χ1v) is 5.00. The fourth-order valence-electron chi connectivity index (χ4n) is 1.01. The first-order valence-electron chi connectivity index (χ1n) is 3.72. The fourth-order valence-corrected chi connectivity index (χ4v) is 1.48. The van der Waals surface area contributed by atoms with Crippen molar-refractivity contribution in [3.63, 3.8) is 0 Å². The Morgan fingerprint density at radius 1 is 1.43 bits per heavy atom. The van der Waals surface area contributed by atoms with E-state index >= 15 is 0 Å². The van der Waals surface area contributed by atoms with E-state index in [1.165, 1.54) is 12.1 Å². The number of hydrogen-bond donors (Lipinski definition) is 3. The van der Waals surface area contributed by atoms with Crippen molar-refractivity contribution in [1.29, 1.82) is 0 Å². The predicted octanol–water partition coefficient (Wildman–Crippen LogP) is -0.773. The second-order valence-electron chi connectivity index (χ2n) is 2.70. The highest BCUT2D eigenvalue weighted by molar-refractivity contribution is 7.78. The molecule has 14 heavy (non-hydrogen) atoms. The maximum Gasteiger partial charge on any atom is 0.491 e. The average Bonchev–Trinajstić information content (AvgIpc) is 2.01. The van der Waals surface area contributed by atoms with Gasteiger partial charge in [0.15, 0.2) is 11.1 Å². The SMILES string of the molecule is O=S(O)Cc1ccc(B(O)O)c(F)c1. The summed E-state index contributed by atoms with van der Waals surface area (Å²) >= 11 is -2.03. The minimum absolute atomic E-state index is 0.182. The third-order valence-electron chi connectivity index (χ3n) is 1.63. The van der Waals surface area contributed by atoms with E-state index in [0.29, 0.717) is 5.56 Å². The number of rotatable bonds is 3. The van der Waals surface area contributed by atoms with Gasteiger partial charge in [-0.3, -0.25) is 0 Å². The monoisotopic (exact) mass is 218 g/mol. The largest absolute Gasteiger partial charge is 0.491 e. The zero-order chi connectivity index (χ0) is 10.7. The Morgan fingerprint density at radius 3 is 2.50 bits per heavy atom. The van der Waals surface area contributed by atoms with Crippen LogP contribution in [-0.2, 0) is 16.8 Å². The lowest BCUT2D eigenvalue weighted by Gasteiger charge is -2.03. The summed E-state index contributed by atoms with van der Waals surface area (Å²) in [7, 11) is -1.87. The molecule has 0 aromatic heterocycles. The summed E-state index contributed by atoms with van der Waals surface area (Å²) < 4.78 is 32.0. The van der Waals surface area contributed by atoms with Crippen molar-refractivity contribution in [2.24, 2.45) is 0 Å². The first kappa shape index (κ1) is 11.3. The molecule has 0 spiro atoms. The van der Waals surface area contributed by atoms with Crippen molar-refractivity contribution in [3.8, 4) is 0 Å². The molecule has 0 fully saturated rings. The van der Waals surface area contributed by atoms with Gasteiger partial charge in [-0.2, -0.15) is 0 Å². The molecule has 0 aliphatic heterocycles. The molecule has 0 aliphatic carbocycles. The van der Waals surface area contributed by atoms with Gasteiger partial charge >= 0.3 is 7.12 Å². The van der Waals surface area contributed by atoms with E-state index in [-0.39, 0.29) is 11.2 Å². The molecule has 0 amide bonds. The van der Waals surface area contributed by atoms with Crippen LogP contribution in [0.2, 0.25) is 0 Å². The van der Waals surface area contributed by atoms with Crippen LogP contribution in [0.4, 0.5) is 4.39 Å². The molecule has 1 rings (SSSR count). The normalized spacial score (nSPS) is 12.6. The van der Waals surface area contributed by atoms with E-state index in [2.05, 4.69) is 0 Å². The lowest BCUT2D eigenvalue weighted by molar-refractivity contribution is 0.423. The van der Waals surface area contributed by atoms with E-state index in [4.69, 9.17) is 14.6 Å². The summed E-state index contributed by atoms with van der Waals surface area (Å²) in [6, 6.07) is 3.54. The molecule has 7 heteroatoms. The molecule has 1 atom stereocenters. The number of benzene rings is 1. The molecule has 0 radical (unpaired) electrons. The molecule has 1 aromatic carbocycles. The summed E-state index contributed by atoms with van der Waals surface area (Å²) in [6.07, 6.45) is 0. The van der Waals surface area contributed by atoms with Gasteiger partial charge in [0.2, 0.25) is 0 Å². The quantitative estimate of drug-likeness (QED) is 0.459. The average molecular weight is 218 g/mol. The Morgan fingerprint density at radius 2 is 2.07 bits per heavy atom. The minimum atomic E-state index is -2.03. The van der Waals surface area contributed by atoms with Crippen molar-refractivity contribution in [2.45, 2.75) is 5.75 Å². The van der Waals surface area contributed by atoms with Gasteiger partial charge in [-0.15, -0.1) is 0 Å². The van der Waals surface area contributed by atoms with Gasteiger partial charge in [0.05, 0.1) is 5.75 Å². The van der Waals surface area contributed by atoms with Gasteiger partial charge in [-0.25, -0.2) is 8.60 Å². The van der Waals surface area contributed by atoms with Crippen molar-refractivity contribution in [3.05, 3.63) is 29.6 Å². The van der Waals surface area contributed by atoms with Gasteiger partial charge in [0, 0.05) is 5.46 Å². The van der Waals surface area contributed by atoms with E-state index in [0.717, 1.165) is 6.07 Å². The molecule has 0 aliphatic rings. The Hall–Kier alpha value is -0.755. The lowest BCUT2D eigenvalue weighted by atomic mass is 9.79. The van der Waals surface area contributed by atoms with Gasteiger partial charge in [0.25, 0.3) is 0 Å². The third kappa shape index (κ3) is 2.88. The fraction of sp³-hybridized carbons (Fsp3) is 0.143. The summed E-state index contributed by atoms with van der Waals surface area (Å²) in [5, 5.41) is 17.4. The third-order valence-corrected chi connectivity index (χ3v) is 2.21. The molecule has 0 bridgehead atoms. The molecule has 0 heterocycles. The maximum absolute atomic E-state index is 13.1. The lowest BCUT2D eigenvalue weighted by Crippen LogP contribution is -2.32. The van der Waals surface area contributed by atoms with Gasteiger partial charge in [-0.05, 0) is 11.6 Å². The highest BCUT2D eigenvalue weighted by Gasteiger charge is 2.16. The number of halogens is 1. The Labute approximate surface area is 82.8 Å². The van der Waals surface area contributed by atoms with Gasteiger partial charge < -0.3 is 14.6 Å². The standard InChI is InChI=1S/C7H8BFO4S/c9-7-3-5(4-14(12)13)1-2-6(7)8(10)11/h1-3,10-11H,4H2,(H,12,13). The highest BCUT2D eigenvalue weighted by atomic mass is 32.2. The highest BCUT2D eigenvalue weighted by Crippen LogP contribution is 2.04. The molecule has 1 unspecified atom stereocenters. The molecule has 3 N–H and O–H groups in total. The Balaban J connectivity index is 2.94. The molecule has 76 valence electrons. The van der Waals surface area contributed by atoms with Crippen molar-refractivity contribution in [2.75, 3.05) is 0 Å². The van der Waals surface area contributed by atoms with Crippen molar-refractivity contribution < 1.29 is 23.2 Å². The molecular formula is C7H8BFO4S. The second-order valence-corrected chi connectivity index (χ2v) is 3.63. The van der Waals surface area contributed by atoms with E-state index in [1.807, 2.05) is 0 Å². The van der Waals surface area contributed by atoms with E-state index < -0.39 is 24.0 Å². The van der Waals surface area contributed by atoms with Gasteiger partial charge in [0.1, 0.15) is 5.82 Å². The van der Waals surface area contributed by atoms with Crippen molar-refractivity contribution in [1.82, 2.24) is 0 Å². The molecule has 1 aromatic rings. The Bertz CT molecular complexity index is 358. The maximum atomic E-state index is 13.1. The summed E-state index contributed by atoms with van der Waals surface area (Å²) in [5.41, 5.74) is 0.0743. The zero-order valence-electron chi connectivity index (χ0n) is 7.05. The molecule has 0 saturated carbocycles. The number of hydrogen-bond acceptors (Lipinski definition) is 3. The molecule has 4 nitrogen and oxygen atoms in total. The van der Waals surface area contributed by atoms with Crippen LogP contribution in [0.5, 0.6) is 0 Å². The summed E-state index contributed by atoms with van der Waals surface area (Å²) in [4.78, 5) is 0. The van der Waals surface area contributed by atoms with Crippen LogP contribution in [0.25, 0.3) is 0 Å². The smallest absolute Gasteiger partial charge is 0.423 e. The van der Waals surface area contributed by atoms with Crippen LogP contribution in [0.3, 0.4) is 0 Å². The van der Waals surface area contributed by atoms with E-state index in [1.54, 1.807) is 0 Å². The van der Waals surface area contributed by atoms with Crippen LogP contribution in [-0.4, -0.2) is 25.9 Å². The van der Waals surface area contributed by atoms with E-state index in [9.17, 15) is 8.60 Å². The van der Waals surface area contributed by atoms with Crippen molar-refractivity contribution >= 4 is 23.7 Å². The van der Waals surface area contributed by atoms with Crippen LogP contribution in [0.15, 0.2) is 18.2 Å². The van der Waals surface area contributed by atoms with Crippen LogP contribution >= 0.6 is 0 Å². The predicted molar refractivity (Wildman–Crippen MR) is 50.7 cm³/mol. The Kier molecular flexibility index (Phi) is 3.76.